The molecule has 7 nitrogen and oxygen atoms in total. The molecule has 1 aromatic carbocycles. The average Bonchev–Trinajstić information content (AvgIpc) is 3.10. The lowest BCUT2D eigenvalue weighted by molar-refractivity contribution is 0.0305. The maximum absolute atomic E-state index is 13.0. The first-order chi connectivity index (χ1) is 14.2. The molecule has 1 amide bonds. The molecule has 4 heterocycles. The van der Waals surface area contributed by atoms with Gasteiger partial charge in [0, 0.05) is 30.9 Å². The van der Waals surface area contributed by atoms with Crippen molar-refractivity contribution in [2.75, 3.05) is 32.5 Å². The number of benzene rings is 1. The third-order valence-electron chi connectivity index (χ3n) is 5.78. The topological polar surface area (TPSA) is 67.8 Å². The van der Waals surface area contributed by atoms with Crippen LogP contribution in [-0.4, -0.2) is 70.3 Å². The first-order valence-electron chi connectivity index (χ1n) is 10.0. The predicted molar refractivity (Wildman–Crippen MR) is 110 cm³/mol. The normalized spacial score (nSPS) is 23.9. The van der Waals surface area contributed by atoms with Gasteiger partial charge in [0.1, 0.15) is 18.4 Å². The van der Waals surface area contributed by atoms with Crippen LogP contribution in [0.2, 0.25) is 0 Å². The molecule has 1 saturated heterocycles. The van der Waals surface area contributed by atoms with Crippen molar-refractivity contribution in [1.29, 1.82) is 0 Å². The summed E-state index contributed by atoms with van der Waals surface area (Å²) < 4.78 is 12.0. The number of ether oxygens (including phenoxy) is 2. The van der Waals surface area contributed by atoms with Gasteiger partial charge in [0.25, 0.3) is 5.91 Å². The summed E-state index contributed by atoms with van der Waals surface area (Å²) in [5.74, 6) is 1.66. The molecule has 0 spiro atoms. The van der Waals surface area contributed by atoms with Crippen LogP contribution in [0.1, 0.15) is 28.9 Å². The smallest absolute Gasteiger partial charge is 0.273 e. The molecular weight excluding hydrogens is 388 g/mol. The molecule has 1 fully saturated rings. The van der Waals surface area contributed by atoms with Gasteiger partial charge in [-0.05, 0) is 37.8 Å². The Balaban J connectivity index is 1.23. The van der Waals surface area contributed by atoms with E-state index in [0.29, 0.717) is 24.0 Å². The number of nitrogens with zero attached hydrogens (tertiary/aromatic N) is 4. The summed E-state index contributed by atoms with van der Waals surface area (Å²) in [6.45, 7) is 3.83. The van der Waals surface area contributed by atoms with E-state index in [9.17, 15) is 4.79 Å². The molecule has 5 rings (SSSR count). The minimum Gasteiger partial charge on any atom is -0.486 e. The monoisotopic (exact) mass is 412 g/mol. The zero-order valence-corrected chi connectivity index (χ0v) is 17.2. The summed E-state index contributed by atoms with van der Waals surface area (Å²) in [6.07, 6.45) is 5.82. The van der Waals surface area contributed by atoms with Crippen molar-refractivity contribution in [2.24, 2.45) is 0 Å². The van der Waals surface area contributed by atoms with E-state index in [-0.39, 0.29) is 18.1 Å². The molecular formula is C21H24N4O3S. The Morgan fingerprint density at radius 3 is 3.00 bits per heavy atom. The van der Waals surface area contributed by atoms with Gasteiger partial charge in [-0.2, -0.15) is 0 Å². The van der Waals surface area contributed by atoms with Gasteiger partial charge in [-0.3, -0.25) is 9.69 Å². The Bertz CT molecular complexity index is 925. The zero-order chi connectivity index (χ0) is 19.8. The summed E-state index contributed by atoms with van der Waals surface area (Å²) in [7, 11) is 0. The second kappa shape index (κ2) is 7.84. The molecule has 1 aromatic heterocycles. The number of rotatable bonds is 4. The second-order valence-electron chi connectivity index (χ2n) is 7.72. The van der Waals surface area contributed by atoms with Crippen molar-refractivity contribution in [3.05, 3.63) is 41.7 Å². The highest BCUT2D eigenvalue weighted by molar-refractivity contribution is 7.98. The van der Waals surface area contributed by atoms with Crippen LogP contribution in [0.5, 0.6) is 11.5 Å². The molecule has 8 heteroatoms. The highest BCUT2D eigenvalue weighted by Crippen LogP contribution is 2.32. The number of aromatic nitrogens is 2. The molecule has 0 aliphatic carbocycles. The van der Waals surface area contributed by atoms with Crippen LogP contribution < -0.4 is 9.47 Å². The number of hydrogen-bond donors (Lipinski definition) is 0. The fraction of sp³-hybridized carbons (Fsp3) is 0.476. The van der Waals surface area contributed by atoms with E-state index in [0.717, 1.165) is 49.5 Å². The van der Waals surface area contributed by atoms with Crippen molar-refractivity contribution < 1.29 is 14.3 Å². The van der Waals surface area contributed by atoms with Crippen molar-refractivity contribution in [3.63, 3.8) is 0 Å². The van der Waals surface area contributed by atoms with E-state index < -0.39 is 0 Å². The van der Waals surface area contributed by atoms with Crippen LogP contribution >= 0.6 is 11.8 Å². The second-order valence-corrected chi connectivity index (χ2v) is 8.49. The molecule has 0 N–H and O–H groups in total. The van der Waals surface area contributed by atoms with Crippen LogP contribution in [0.25, 0.3) is 0 Å². The molecule has 152 valence electrons. The third kappa shape index (κ3) is 3.67. The van der Waals surface area contributed by atoms with Gasteiger partial charge in [0.2, 0.25) is 0 Å². The van der Waals surface area contributed by atoms with Crippen LogP contribution in [0, 0.1) is 0 Å². The van der Waals surface area contributed by atoms with Crippen molar-refractivity contribution in [3.8, 4) is 11.5 Å². The van der Waals surface area contributed by atoms with Crippen LogP contribution in [0.4, 0.5) is 0 Å². The summed E-state index contributed by atoms with van der Waals surface area (Å²) >= 11 is 1.46. The largest absolute Gasteiger partial charge is 0.486 e. The average molecular weight is 413 g/mol. The van der Waals surface area contributed by atoms with E-state index in [2.05, 4.69) is 14.9 Å². The Morgan fingerprint density at radius 2 is 2.14 bits per heavy atom. The molecule has 0 radical (unpaired) electrons. The molecule has 0 saturated carbocycles. The number of carbonyl (C=O) groups is 1. The number of hydrogen-bond acceptors (Lipinski definition) is 7. The molecule has 3 aliphatic rings. The van der Waals surface area contributed by atoms with Crippen molar-refractivity contribution in [2.45, 2.75) is 36.7 Å². The van der Waals surface area contributed by atoms with Crippen LogP contribution in [0.3, 0.4) is 0 Å². The van der Waals surface area contributed by atoms with E-state index in [1.54, 1.807) is 6.20 Å². The number of carbonyl (C=O) groups excluding carboxylic acids is 1. The maximum atomic E-state index is 13.0. The summed E-state index contributed by atoms with van der Waals surface area (Å²) in [5, 5.41) is 0.652. The van der Waals surface area contributed by atoms with Crippen LogP contribution in [-0.2, 0) is 6.54 Å². The standard InChI is InChI=1S/C21H24N4O3S/c1-29-21-22-9-14-10-25(20(26)19(14)23-21)15-5-4-8-24(11-15)12-16-13-27-17-6-2-3-7-18(17)28-16/h2-3,6-7,9,15-16H,4-5,8,10-13H2,1H3/t15-,16-/m0/s1. The molecule has 3 aliphatic heterocycles. The molecule has 0 unspecified atom stereocenters. The van der Waals surface area contributed by atoms with Gasteiger partial charge in [0.05, 0.1) is 6.54 Å². The van der Waals surface area contributed by atoms with Gasteiger partial charge in [-0.25, -0.2) is 9.97 Å². The zero-order valence-electron chi connectivity index (χ0n) is 16.4. The number of amides is 1. The number of thioether (sulfide) groups is 1. The fourth-order valence-corrected chi connectivity index (χ4v) is 4.71. The Labute approximate surface area is 174 Å². The third-order valence-corrected chi connectivity index (χ3v) is 6.34. The highest BCUT2D eigenvalue weighted by Gasteiger charge is 2.37. The van der Waals surface area contributed by atoms with Crippen LogP contribution in [0.15, 0.2) is 35.6 Å². The summed E-state index contributed by atoms with van der Waals surface area (Å²) in [5.41, 5.74) is 1.51. The first kappa shape index (κ1) is 18.7. The molecule has 0 bridgehead atoms. The van der Waals surface area contributed by atoms with Gasteiger partial charge < -0.3 is 14.4 Å². The van der Waals surface area contributed by atoms with E-state index in [1.807, 2.05) is 35.4 Å². The Kier molecular flexibility index (Phi) is 5.05. The fourth-order valence-electron chi connectivity index (χ4n) is 4.37. The SMILES string of the molecule is CSc1ncc2c(n1)C(=O)N([C@H]1CCCN(C[C@H]3COc4ccccc4O3)C1)C2. The van der Waals surface area contributed by atoms with E-state index >= 15 is 0 Å². The molecule has 29 heavy (non-hydrogen) atoms. The Hall–Kier alpha value is -2.32. The number of para-hydroxylation sites is 2. The summed E-state index contributed by atoms with van der Waals surface area (Å²) in [4.78, 5) is 26.1. The van der Waals surface area contributed by atoms with Gasteiger partial charge >= 0.3 is 0 Å². The highest BCUT2D eigenvalue weighted by atomic mass is 32.2. The van der Waals surface area contributed by atoms with Crippen molar-refractivity contribution in [1.82, 2.24) is 19.8 Å². The Morgan fingerprint density at radius 1 is 1.28 bits per heavy atom. The number of piperidine rings is 1. The minimum atomic E-state index is 0.00475. The van der Waals surface area contributed by atoms with Gasteiger partial charge in [-0.15, -0.1) is 0 Å². The van der Waals surface area contributed by atoms with E-state index in [1.165, 1.54) is 11.8 Å². The lowest BCUT2D eigenvalue weighted by atomic mass is 10.0. The minimum absolute atomic E-state index is 0.00475. The van der Waals surface area contributed by atoms with E-state index in [4.69, 9.17) is 9.47 Å². The predicted octanol–water partition coefficient (Wildman–Crippen LogP) is 2.46. The molecule has 2 atom stereocenters. The first-order valence-corrected chi connectivity index (χ1v) is 11.3. The number of fused-ring (bicyclic) bond motifs is 2. The lowest BCUT2D eigenvalue weighted by Gasteiger charge is -2.39. The molecule has 2 aromatic rings. The lowest BCUT2D eigenvalue weighted by Crippen LogP contribution is -2.51. The number of likely N-dealkylation sites (tertiary alicyclic amines) is 1. The maximum Gasteiger partial charge on any atom is 0.273 e. The van der Waals surface area contributed by atoms with Gasteiger partial charge in [-0.1, -0.05) is 23.9 Å². The summed E-state index contributed by atoms with van der Waals surface area (Å²) in [6, 6.07) is 7.99. The van der Waals surface area contributed by atoms with Gasteiger partial charge in [0.15, 0.2) is 16.7 Å². The quantitative estimate of drug-likeness (QED) is 0.564. The van der Waals surface area contributed by atoms with Crippen molar-refractivity contribution >= 4 is 17.7 Å².